The van der Waals surface area contributed by atoms with Crippen LogP contribution < -0.4 is 5.73 Å². The Balaban J connectivity index is 1.30. The van der Waals surface area contributed by atoms with Crippen LogP contribution in [0.15, 0.2) is 12.3 Å². The van der Waals surface area contributed by atoms with Crippen LogP contribution in [0.2, 0.25) is 0 Å². The molecule has 2 aliphatic heterocycles. The van der Waals surface area contributed by atoms with E-state index in [-0.39, 0.29) is 17.9 Å². The van der Waals surface area contributed by atoms with Gasteiger partial charge in [0.15, 0.2) is 0 Å². The molecule has 0 bridgehead atoms. The summed E-state index contributed by atoms with van der Waals surface area (Å²) in [6.07, 6.45) is 7.78. The monoisotopic (exact) mass is 345 g/mol. The molecule has 0 atom stereocenters. The van der Waals surface area contributed by atoms with Crippen molar-refractivity contribution in [2.75, 3.05) is 26.2 Å². The van der Waals surface area contributed by atoms with E-state index in [1.807, 2.05) is 16.0 Å². The second-order valence-corrected chi connectivity index (χ2v) is 7.64. The molecule has 0 radical (unpaired) electrons. The van der Waals surface area contributed by atoms with Gasteiger partial charge in [-0.2, -0.15) is 5.10 Å². The summed E-state index contributed by atoms with van der Waals surface area (Å²) < 4.78 is 2.21. The number of aromatic nitrogens is 2. The van der Waals surface area contributed by atoms with Crippen LogP contribution >= 0.6 is 0 Å². The zero-order valence-corrected chi connectivity index (χ0v) is 14.6. The van der Waals surface area contributed by atoms with E-state index in [0.29, 0.717) is 37.9 Å². The third kappa shape index (κ3) is 3.37. The first-order valence-corrected chi connectivity index (χ1v) is 9.50. The Labute approximate surface area is 148 Å². The van der Waals surface area contributed by atoms with E-state index in [1.54, 1.807) is 0 Å². The summed E-state index contributed by atoms with van der Waals surface area (Å²) in [5.74, 6) is 0.391. The molecule has 3 heterocycles. The van der Waals surface area contributed by atoms with Crippen molar-refractivity contribution in [3.8, 4) is 0 Å². The van der Waals surface area contributed by atoms with Crippen LogP contribution in [0.25, 0.3) is 0 Å². The van der Waals surface area contributed by atoms with Gasteiger partial charge in [0.2, 0.25) is 5.91 Å². The molecule has 2 N–H and O–H groups in total. The molecule has 4 rings (SSSR count). The minimum Gasteiger partial charge on any atom is -0.369 e. The van der Waals surface area contributed by atoms with Gasteiger partial charge in [-0.1, -0.05) is 0 Å². The molecule has 0 aromatic carbocycles. The minimum absolute atomic E-state index is 0.0737. The zero-order valence-electron chi connectivity index (χ0n) is 14.6. The highest BCUT2D eigenvalue weighted by atomic mass is 16.2. The smallest absolute Gasteiger partial charge is 0.320 e. The van der Waals surface area contributed by atoms with Crippen LogP contribution in [-0.2, 0) is 4.79 Å². The third-order valence-corrected chi connectivity index (χ3v) is 5.95. The molecule has 2 saturated heterocycles. The molecule has 1 aromatic rings. The Hall–Kier alpha value is -2.05. The van der Waals surface area contributed by atoms with Crippen molar-refractivity contribution in [2.45, 2.75) is 50.5 Å². The lowest BCUT2D eigenvalue weighted by Gasteiger charge is -2.38. The average Bonchev–Trinajstić information content (AvgIpc) is 3.38. The van der Waals surface area contributed by atoms with Crippen molar-refractivity contribution in [3.63, 3.8) is 0 Å². The molecule has 1 aliphatic carbocycles. The molecule has 3 amide bonds. The summed E-state index contributed by atoms with van der Waals surface area (Å²) in [5.41, 5.74) is 6.74. The normalized spacial score (nSPS) is 23.0. The van der Waals surface area contributed by atoms with Crippen LogP contribution in [0.3, 0.4) is 0 Å². The number of rotatable bonds is 3. The number of hydrogen-bond acceptors (Lipinski definition) is 3. The molecule has 3 aliphatic rings. The van der Waals surface area contributed by atoms with Crippen LogP contribution in [-0.4, -0.2) is 57.7 Å². The number of carbonyl (C=O) groups excluding carboxylic acids is 2. The van der Waals surface area contributed by atoms with Crippen LogP contribution in [0.4, 0.5) is 4.79 Å². The predicted molar refractivity (Wildman–Crippen MR) is 92.9 cm³/mol. The fraction of sp³-hybridized carbons (Fsp3) is 0.722. The number of urea groups is 1. The van der Waals surface area contributed by atoms with Crippen molar-refractivity contribution >= 4 is 11.9 Å². The Morgan fingerprint density at radius 2 is 1.56 bits per heavy atom. The van der Waals surface area contributed by atoms with E-state index in [1.165, 1.54) is 18.5 Å². The largest absolute Gasteiger partial charge is 0.369 e. The second-order valence-electron chi connectivity index (χ2n) is 7.64. The lowest BCUT2D eigenvalue weighted by atomic mass is 9.96. The first-order valence-electron chi connectivity index (χ1n) is 9.50. The highest BCUT2D eigenvalue weighted by molar-refractivity contribution is 5.78. The first-order chi connectivity index (χ1) is 12.1. The first kappa shape index (κ1) is 16.4. The highest BCUT2D eigenvalue weighted by Crippen LogP contribution is 2.41. The second kappa shape index (κ2) is 6.69. The molecule has 7 heteroatoms. The number of nitrogens with two attached hydrogens (primary N) is 1. The summed E-state index contributed by atoms with van der Waals surface area (Å²) in [4.78, 5) is 27.8. The standard InChI is InChI=1S/C18H27N5O2/c19-17(24)14-4-9-21(10-5-14)18(25)22-11-6-15(7-12-22)23-16(3-8-20-23)13-1-2-13/h3,8,13-15H,1-2,4-7,9-12H2,(H2,19,24). The summed E-state index contributed by atoms with van der Waals surface area (Å²) in [6.45, 7) is 2.83. The van der Waals surface area contributed by atoms with Gasteiger partial charge in [0.05, 0.1) is 6.04 Å². The van der Waals surface area contributed by atoms with E-state index in [0.717, 1.165) is 25.9 Å². The number of likely N-dealkylation sites (tertiary alicyclic amines) is 2. The van der Waals surface area contributed by atoms with Gasteiger partial charge in [0, 0.05) is 49.9 Å². The van der Waals surface area contributed by atoms with Crippen LogP contribution in [0.5, 0.6) is 0 Å². The lowest BCUT2D eigenvalue weighted by molar-refractivity contribution is -0.123. The molecule has 25 heavy (non-hydrogen) atoms. The van der Waals surface area contributed by atoms with Crippen molar-refractivity contribution in [1.29, 1.82) is 0 Å². The topological polar surface area (TPSA) is 84.5 Å². The van der Waals surface area contributed by atoms with Crippen LogP contribution in [0, 0.1) is 5.92 Å². The van der Waals surface area contributed by atoms with Crippen molar-refractivity contribution in [3.05, 3.63) is 18.0 Å². The molecule has 136 valence electrons. The Morgan fingerprint density at radius 1 is 0.960 bits per heavy atom. The van der Waals surface area contributed by atoms with Gasteiger partial charge in [-0.3, -0.25) is 9.48 Å². The highest BCUT2D eigenvalue weighted by Gasteiger charge is 2.33. The van der Waals surface area contributed by atoms with E-state index < -0.39 is 0 Å². The number of nitrogens with zero attached hydrogens (tertiary/aromatic N) is 4. The molecule has 3 fully saturated rings. The van der Waals surface area contributed by atoms with Gasteiger partial charge < -0.3 is 15.5 Å². The number of amides is 3. The number of hydrogen-bond donors (Lipinski definition) is 1. The maximum absolute atomic E-state index is 12.7. The summed E-state index contributed by atoms with van der Waals surface area (Å²) in [7, 11) is 0. The SMILES string of the molecule is NC(=O)C1CCN(C(=O)N2CCC(n3nccc3C3CC3)CC2)CC1. The Morgan fingerprint density at radius 3 is 2.12 bits per heavy atom. The molecule has 1 aromatic heterocycles. The van der Waals surface area contributed by atoms with Gasteiger partial charge >= 0.3 is 6.03 Å². The summed E-state index contributed by atoms with van der Waals surface area (Å²) in [6, 6.07) is 2.68. The van der Waals surface area contributed by atoms with Gasteiger partial charge in [-0.05, 0) is 44.6 Å². The van der Waals surface area contributed by atoms with Crippen molar-refractivity contribution in [2.24, 2.45) is 11.7 Å². The fourth-order valence-electron chi connectivity index (χ4n) is 4.19. The number of carbonyl (C=O) groups is 2. The van der Waals surface area contributed by atoms with Gasteiger partial charge in [0.1, 0.15) is 0 Å². The average molecular weight is 345 g/mol. The zero-order chi connectivity index (χ0) is 17.4. The van der Waals surface area contributed by atoms with Gasteiger partial charge in [-0.25, -0.2) is 4.79 Å². The van der Waals surface area contributed by atoms with Crippen molar-refractivity contribution < 1.29 is 9.59 Å². The predicted octanol–water partition coefficient (Wildman–Crippen LogP) is 1.71. The molecule has 0 unspecified atom stereocenters. The molecule has 1 saturated carbocycles. The third-order valence-electron chi connectivity index (χ3n) is 5.95. The summed E-state index contributed by atoms with van der Waals surface area (Å²) in [5, 5.41) is 4.54. The molecular weight excluding hydrogens is 318 g/mol. The van der Waals surface area contributed by atoms with Gasteiger partial charge in [0.25, 0.3) is 0 Å². The van der Waals surface area contributed by atoms with Crippen molar-refractivity contribution in [1.82, 2.24) is 19.6 Å². The summed E-state index contributed by atoms with van der Waals surface area (Å²) >= 11 is 0. The number of piperidine rings is 2. The minimum atomic E-state index is -0.237. The van der Waals surface area contributed by atoms with E-state index in [2.05, 4.69) is 15.8 Å². The maximum atomic E-state index is 12.7. The fourth-order valence-corrected chi connectivity index (χ4v) is 4.19. The quantitative estimate of drug-likeness (QED) is 0.905. The molecule has 0 spiro atoms. The maximum Gasteiger partial charge on any atom is 0.320 e. The van der Waals surface area contributed by atoms with Gasteiger partial charge in [-0.15, -0.1) is 0 Å². The molecule has 7 nitrogen and oxygen atoms in total. The van der Waals surface area contributed by atoms with Crippen LogP contribution in [0.1, 0.15) is 56.2 Å². The number of primary amides is 1. The lowest BCUT2D eigenvalue weighted by Crippen LogP contribution is -2.50. The van der Waals surface area contributed by atoms with E-state index in [4.69, 9.17) is 5.73 Å². The Bertz CT molecular complexity index is 638. The van der Waals surface area contributed by atoms with E-state index >= 15 is 0 Å². The molecular formula is C18H27N5O2. The van der Waals surface area contributed by atoms with E-state index in [9.17, 15) is 9.59 Å². The Kier molecular flexibility index (Phi) is 4.39.